The fourth-order valence-electron chi connectivity index (χ4n) is 1.73. The molecule has 0 fully saturated rings. The molecule has 1 heterocycles. The predicted octanol–water partition coefficient (Wildman–Crippen LogP) is 3.23. The molecule has 94 valence electrons. The second-order valence-corrected chi connectivity index (χ2v) is 3.81. The normalized spacial score (nSPS) is 11.6. The third-order valence-corrected chi connectivity index (χ3v) is 2.65. The lowest BCUT2D eigenvalue weighted by atomic mass is 9.98. The van der Waals surface area contributed by atoms with Gasteiger partial charge in [0.05, 0.1) is 5.56 Å². The zero-order valence-electron chi connectivity index (χ0n) is 9.41. The number of nitrogens with zero attached hydrogens (tertiary/aromatic N) is 1. The minimum atomic E-state index is -4.35. The predicted molar refractivity (Wildman–Crippen MR) is 62.6 cm³/mol. The largest absolute Gasteiger partial charge is 0.416 e. The van der Waals surface area contributed by atoms with Gasteiger partial charge in [0, 0.05) is 18.9 Å². The van der Waals surface area contributed by atoms with Crippen molar-refractivity contribution >= 4 is 0 Å². The average Bonchev–Trinajstić information content (AvgIpc) is 2.38. The Bertz CT molecular complexity index is 536. The van der Waals surface area contributed by atoms with Gasteiger partial charge in [-0.15, -0.1) is 0 Å². The number of rotatable bonds is 2. The van der Waals surface area contributed by atoms with Crippen molar-refractivity contribution in [2.24, 2.45) is 5.73 Å². The molecule has 0 radical (unpaired) electrons. The summed E-state index contributed by atoms with van der Waals surface area (Å²) in [5, 5.41) is 0. The van der Waals surface area contributed by atoms with E-state index in [-0.39, 0.29) is 6.54 Å². The molecule has 0 aliphatic heterocycles. The Morgan fingerprint density at radius 1 is 1.06 bits per heavy atom. The first-order valence-electron chi connectivity index (χ1n) is 5.33. The van der Waals surface area contributed by atoms with Gasteiger partial charge >= 0.3 is 6.18 Å². The van der Waals surface area contributed by atoms with Crippen molar-refractivity contribution in [3.05, 3.63) is 53.9 Å². The minimum Gasteiger partial charge on any atom is -0.326 e. The Kier molecular flexibility index (Phi) is 3.34. The molecule has 1 aromatic heterocycles. The monoisotopic (exact) mass is 252 g/mol. The Morgan fingerprint density at radius 3 is 2.28 bits per heavy atom. The number of hydrogen-bond acceptors (Lipinski definition) is 2. The molecular weight excluding hydrogens is 241 g/mol. The molecule has 2 rings (SSSR count). The van der Waals surface area contributed by atoms with Gasteiger partial charge in [0.1, 0.15) is 0 Å². The second kappa shape index (κ2) is 4.78. The summed E-state index contributed by atoms with van der Waals surface area (Å²) in [5.41, 5.74) is 6.72. The van der Waals surface area contributed by atoms with E-state index < -0.39 is 11.7 Å². The quantitative estimate of drug-likeness (QED) is 0.891. The number of benzene rings is 1. The molecule has 0 saturated carbocycles. The Morgan fingerprint density at radius 2 is 1.72 bits per heavy atom. The number of halogens is 3. The molecule has 0 bridgehead atoms. The van der Waals surface area contributed by atoms with Crippen molar-refractivity contribution in [3.8, 4) is 11.1 Å². The summed E-state index contributed by atoms with van der Waals surface area (Å²) < 4.78 is 38.0. The smallest absolute Gasteiger partial charge is 0.326 e. The van der Waals surface area contributed by atoms with E-state index in [0.29, 0.717) is 16.7 Å². The van der Waals surface area contributed by atoms with Gasteiger partial charge in [-0.1, -0.05) is 6.07 Å². The summed E-state index contributed by atoms with van der Waals surface area (Å²) in [4.78, 5) is 3.84. The van der Waals surface area contributed by atoms with Gasteiger partial charge in [-0.25, -0.2) is 0 Å². The highest BCUT2D eigenvalue weighted by molar-refractivity contribution is 5.67. The maximum Gasteiger partial charge on any atom is 0.416 e. The lowest BCUT2D eigenvalue weighted by Gasteiger charge is -2.12. The third-order valence-electron chi connectivity index (χ3n) is 2.65. The fourth-order valence-corrected chi connectivity index (χ4v) is 1.73. The third kappa shape index (κ3) is 2.51. The van der Waals surface area contributed by atoms with Crippen LogP contribution in [-0.2, 0) is 12.7 Å². The van der Waals surface area contributed by atoms with Gasteiger partial charge in [-0.3, -0.25) is 4.98 Å². The van der Waals surface area contributed by atoms with Crippen molar-refractivity contribution in [2.75, 3.05) is 0 Å². The van der Waals surface area contributed by atoms with Crippen LogP contribution >= 0.6 is 0 Å². The first kappa shape index (κ1) is 12.6. The van der Waals surface area contributed by atoms with E-state index in [1.54, 1.807) is 12.1 Å². The van der Waals surface area contributed by atoms with E-state index in [1.165, 1.54) is 18.5 Å². The zero-order chi connectivity index (χ0) is 13.2. The SMILES string of the molecule is NCc1ccc(C(F)(F)F)cc1-c1ccncc1. The molecular formula is C13H11F3N2. The average molecular weight is 252 g/mol. The molecule has 18 heavy (non-hydrogen) atoms. The molecule has 0 saturated heterocycles. The van der Waals surface area contributed by atoms with Crippen molar-refractivity contribution in [3.63, 3.8) is 0 Å². The summed E-state index contributed by atoms with van der Waals surface area (Å²) in [6.07, 6.45) is -1.28. The molecule has 2 nitrogen and oxygen atoms in total. The van der Waals surface area contributed by atoms with Crippen molar-refractivity contribution in [1.82, 2.24) is 4.98 Å². The van der Waals surface area contributed by atoms with E-state index in [0.717, 1.165) is 12.1 Å². The molecule has 5 heteroatoms. The Balaban J connectivity index is 2.57. The van der Waals surface area contributed by atoms with E-state index in [1.807, 2.05) is 0 Å². The number of aromatic nitrogens is 1. The fraction of sp³-hybridized carbons (Fsp3) is 0.154. The first-order chi connectivity index (χ1) is 8.52. The zero-order valence-corrected chi connectivity index (χ0v) is 9.41. The molecule has 0 unspecified atom stereocenters. The number of hydrogen-bond donors (Lipinski definition) is 1. The Labute approximate surface area is 102 Å². The summed E-state index contributed by atoms with van der Waals surface area (Å²) in [7, 11) is 0. The van der Waals surface area contributed by atoms with Crippen LogP contribution in [0.4, 0.5) is 13.2 Å². The second-order valence-electron chi connectivity index (χ2n) is 3.81. The summed E-state index contributed by atoms with van der Waals surface area (Å²) in [6.45, 7) is 0.190. The highest BCUT2D eigenvalue weighted by Crippen LogP contribution is 2.33. The van der Waals surface area contributed by atoms with Crippen molar-refractivity contribution in [1.29, 1.82) is 0 Å². The summed E-state index contributed by atoms with van der Waals surface area (Å²) in [6, 6.07) is 6.91. The van der Waals surface area contributed by atoms with Crippen molar-refractivity contribution < 1.29 is 13.2 Å². The van der Waals surface area contributed by atoms with Crippen LogP contribution < -0.4 is 5.73 Å². The molecule has 0 amide bonds. The van der Waals surface area contributed by atoms with Crippen LogP contribution in [0.2, 0.25) is 0 Å². The Hall–Kier alpha value is -1.88. The van der Waals surface area contributed by atoms with Crippen LogP contribution in [0.25, 0.3) is 11.1 Å². The lowest BCUT2D eigenvalue weighted by Crippen LogP contribution is -2.07. The molecule has 1 aromatic carbocycles. The first-order valence-corrected chi connectivity index (χ1v) is 5.33. The number of pyridine rings is 1. The van der Waals surface area contributed by atoms with E-state index in [2.05, 4.69) is 4.98 Å². The van der Waals surface area contributed by atoms with E-state index in [4.69, 9.17) is 5.73 Å². The number of nitrogens with two attached hydrogens (primary N) is 1. The van der Waals surface area contributed by atoms with Gasteiger partial charge in [-0.05, 0) is 41.0 Å². The van der Waals surface area contributed by atoms with E-state index in [9.17, 15) is 13.2 Å². The maximum atomic E-state index is 12.7. The van der Waals surface area contributed by atoms with Gasteiger partial charge in [-0.2, -0.15) is 13.2 Å². The van der Waals surface area contributed by atoms with Crippen LogP contribution in [0.15, 0.2) is 42.7 Å². The molecule has 2 aromatic rings. The van der Waals surface area contributed by atoms with Gasteiger partial charge in [0.25, 0.3) is 0 Å². The van der Waals surface area contributed by atoms with Crippen LogP contribution in [0.5, 0.6) is 0 Å². The molecule has 0 atom stereocenters. The van der Waals surface area contributed by atoms with Crippen LogP contribution in [0, 0.1) is 0 Å². The van der Waals surface area contributed by atoms with Crippen LogP contribution in [0.3, 0.4) is 0 Å². The van der Waals surface area contributed by atoms with Gasteiger partial charge in [0.2, 0.25) is 0 Å². The van der Waals surface area contributed by atoms with Gasteiger partial charge < -0.3 is 5.73 Å². The highest BCUT2D eigenvalue weighted by atomic mass is 19.4. The topological polar surface area (TPSA) is 38.9 Å². The summed E-state index contributed by atoms with van der Waals surface area (Å²) in [5.74, 6) is 0. The van der Waals surface area contributed by atoms with Crippen molar-refractivity contribution in [2.45, 2.75) is 12.7 Å². The molecule has 2 N–H and O–H groups in total. The maximum absolute atomic E-state index is 12.7. The molecule has 0 aliphatic carbocycles. The molecule has 0 aliphatic rings. The minimum absolute atomic E-state index is 0.190. The highest BCUT2D eigenvalue weighted by Gasteiger charge is 2.30. The van der Waals surface area contributed by atoms with E-state index >= 15 is 0 Å². The summed E-state index contributed by atoms with van der Waals surface area (Å²) >= 11 is 0. The lowest BCUT2D eigenvalue weighted by molar-refractivity contribution is -0.137. The number of alkyl halides is 3. The van der Waals surface area contributed by atoms with Gasteiger partial charge in [0.15, 0.2) is 0 Å². The molecule has 0 spiro atoms. The van der Waals surface area contributed by atoms with Crippen LogP contribution in [-0.4, -0.2) is 4.98 Å². The van der Waals surface area contributed by atoms with Crippen LogP contribution in [0.1, 0.15) is 11.1 Å². The standard InChI is InChI=1S/C13H11F3N2/c14-13(15,16)11-2-1-10(8-17)12(7-11)9-3-5-18-6-4-9/h1-7H,8,17H2.